The summed E-state index contributed by atoms with van der Waals surface area (Å²) in [5.41, 5.74) is 0.359. The van der Waals surface area contributed by atoms with Crippen molar-refractivity contribution in [3.05, 3.63) is 41.1 Å². The van der Waals surface area contributed by atoms with Gasteiger partial charge >= 0.3 is 12.0 Å². The summed E-state index contributed by atoms with van der Waals surface area (Å²) in [5, 5.41) is 11.2. The molecule has 19 heavy (non-hydrogen) atoms. The van der Waals surface area contributed by atoms with Crippen molar-refractivity contribution in [3.8, 4) is 0 Å². The van der Waals surface area contributed by atoms with Gasteiger partial charge in [-0.3, -0.25) is 4.79 Å². The lowest BCUT2D eigenvalue weighted by molar-refractivity contribution is -0.137. The number of anilines is 1. The molecule has 1 aromatic rings. The summed E-state index contributed by atoms with van der Waals surface area (Å²) in [4.78, 5) is 23.5. The molecular formula is C12H12BrFN2O3. The zero-order chi connectivity index (χ0) is 14.4. The fourth-order valence-corrected chi connectivity index (χ4v) is 1.69. The zero-order valence-electron chi connectivity index (χ0n) is 9.90. The third-order valence-corrected chi connectivity index (χ3v) is 2.74. The van der Waals surface area contributed by atoms with E-state index in [1.807, 2.05) is 0 Å². The predicted molar refractivity (Wildman–Crippen MR) is 72.5 cm³/mol. The Balaban J connectivity index is 2.77. The number of carbonyl (C=O) groups is 2. The molecule has 0 unspecified atom stereocenters. The minimum Gasteiger partial charge on any atom is -0.480 e. The molecule has 2 amide bonds. The minimum absolute atomic E-state index is 0.0977. The third-order valence-electron chi connectivity index (χ3n) is 2.13. The van der Waals surface area contributed by atoms with Crippen molar-refractivity contribution in [2.75, 3.05) is 18.4 Å². The first kappa shape index (κ1) is 15.2. The molecule has 0 bridgehead atoms. The van der Waals surface area contributed by atoms with E-state index in [1.54, 1.807) is 0 Å². The molecule has 0 aliphatic heterocycles. The highest BCUT2D eigenvalue weighted by Crippen LogP contribution is 2.20. The molecule has 0 radical (unpaired) electrons. The second-order valence-corrected chi connectivity index (χ2v) is 4.48. The maximum Gasteiger partial charge on any atom is 0.323 e. The first-order valence-electron chi connectivity index (χ1n) is 5.27. The smallest absolute Gasteiger partial charge is 0.323 e. The van der Waals surface area contributed by atoms with Gasteiger partial charge in [-0.25, -0.2) is 9.18 Å². The average molecular weight is 331 g/mol. The molecule has 0 aliphatic rings. The topological polar surface area (TPSA) is 69.6 Å². The maximum absolute atomic E-state index is 13.0. The highest BCUT2D eigenvalue weighted by molar-refractivity contribution is 9.10. The number of hydrogen-bond acceptors (Lipinski definition) is 2. The lowest BCUT2D eigenvalue weighted by Gasteiger charge is -2.19. The Bertz CT molecular complexity index is 508. The van der Waals surface area contributed by atoms with E-state index in [0.717, 1.165) is 4.90 Å². The number of carboxylic acids is 1. The molecule has 0 aliphatic carbocycles. The van der Waals surface area contributed by atoms with Gasteiger partial charge in [0.2, 0.25) is 0 Å². The zero-order valence-corrected chi connectivity index (χ0v) is 11.5. The Labute approximate surface area is 117 Å². The maximum atomic E-state index is 13.0. The van der Waals surface area contributed by atoms with E-state index < -0.39 is 24.4 Å². The van der Waals surface area contributed by atoms with Crippen LogP contribution >= 0.6 is 15.9 Å². The molecule has 0 heterocycles. The second-order valence-electron chi connectivity index (χ2n) is 3.62. The summed E-state index contributed by atoms with van der Waals surface area (Å²) in [6.45, 7) is 3.10. The number of aliphatic carboxylic acids is 1. The van der Waals surface area contributed by atoms with Gasteiger partial charge in [0.25, 0.3) is 0 Å². The normalized spacial score (nSPS) is 9.79. The van der Waals surface area contributed by atoms with Crippen LogP contribution in [0, 0.1) is 5.82 Å². The molecule has 0 atom stereocenters. The lowest BCUT2D eigenvalue weighted by atomic mass is 10.3. The van der Waals surface area contributed by atoms with Gasteiger partial charge in [0.1, 0.15) is 12.4 Å². The van der Waals surface area contributed by atoms with Crippen LogP contribution in [0.3, 0.4) is 0 Å². The molecule has 102 valence electrons. The van der Waals surface area contributed by atoms with E-state index in [4.69, 9.17) is 5.11 Å². The summed E-state index contributed by atoms with van der Waals surface area (Å²) < 4.78 is 13.2. The van der Waals surface area contributed by atoms with Crippen LogP contribution in [0.25, 0.3) is 0 Å². The van der Waals surface area contributed by atoms with Crippen LogP contribution in [0.4, 0.5) is 14.9 Å². The van der Waals surface area contributed by atoms with Crippen molar-refractivity contribution in [1.82, 2.24) is 4.90 Å². The average Bonchev–Trinajstić information content (AvgIpc) is 2.33. The quantitative estimate of drug-likeness (QED) is 0.815. The number of benzene rings is 1. The van der Waals surface area contributed by atoms with Crippen LogP contribution < -0.4 is 5.32 Å². The summed E-state index contributed by atoms with van der Waals surface area (Å²) in [5.74, 6) is -1.58. The summed E-state index contributed by atoms with van der Waals surface area (Å²) in [6, 6.07) is 3.36. The van der Waals surface area contributed by atoms with E-state index in [0.29, 0.717) is 5.69 Å². The van der Waals surface area contributed by atoms with Crippen LogP contribution in [0.5, 0.6) is 0 Å². The minimum atomic E-state index is -1.13. The van der Waals surface area contributed by atoms with Gasteiger partial charge in [0.15, 0.2) is 0 Å². The second kappa shape index (κ2) is 6.89. The van der Waals surface area contributed by atoms with Crippen LogP contribution in [-0.2, 0) is 4.79 Å². The van der Waals surface area contributed by atoms with Gasteiger partial charge in [-0.05, 0) is 34.1 Å². The van der Waals surface area contributed by atoms with E-state index >= 15 is 0 Å². The number of amides is 2. The molecule has 0 aromatic heterocycles. The van der Waals surface area contributed by atoms with Crippen molar-refractivity contribution >= 4 is 33.6 Å². The van der Waals surface area contributed by atoms with E-state index in [9.17, 15) is 14.0 Å². The van der Waals surface area contributed by atoms with E-state index in [1.165, 1.54) is 24.3 Å². The number of carboxylic acid groups (broad SMARTS) is 1. The van der Waals surface area contributed by atoms with Gasteiger partial charge in [-0.2, -0.15) is 0 Å². The van der Waals surface area contributed by atoms with E-state index in [2.05, 4.69) is 27.8 Å². The number of carbonyl (C=O) groups excluding carboxylic acids is 1. The molecule has 0 fully saturated rings. The number of nitrogens with one attached hydrogen (secondary N) is 1. The van der Waals surface area contributed by atoms with Crippen LogP contribution in [-0.4, -0.2) is 35.1 Å². The van der Waals surface area contributed by atoms with Gasteiger partial charge in [0, 0.05) is 12.2 Å². The van der Waals surface area contributed by atoms with Crippen LogP contribution in [0.15, 0.2) is 35.3 Å². The number of urea groups is 1. The molecular weight excluding hydrogens is 319 g/mol. The summed E-state index contributed by atoms with van der Waals surface area (Å²) in [7, 11) is 0. The lowest BCUT2D eigenvalue weighted by Crippen LogP contribution is -2.38. The number of halogens is 2. The molecule has 0 spiro atoms. The molecule has 1 rings (SSSR count). The molecule has 0 saturated carbocycles. The SMILES string of the molecule is C=CCN(CC(=O)O)C(=O)Nc1ccc(F)c(Br)c1. The third kappa shape index (κ3) is 4.70. The van der Waals surface area contributed by atoms with Crippen molar-refractivity contribution in [2.45, 2.75) is 0 Å². The fraction of sp³-hybridized carbons (Fsp3) is 0.167. The molecule has 1 aromatic carbocycles. The standard InChI is InChI=1S/C12H12BrFN2O3/c1-2-5-16(7-11(17)18)12(19)15-8-3-4-10(14)9(13)6-8/h2-4,6H,1,5,7H2,(H,15,19)(H,17,18). The summed E-state index contributed by atoms with van der Waals surface area (Å²) in [6.07, 6.45) is 1.42. The first-order valence-corrected chi connectivity index (χ1v) is 6.07. The number of rotatable bonds is 5. The van der Waals surface area contributed by atoms with Crippen molar-refractivity contribution in [1.29, 1.82) is 0 Å². The Morgan fingerprint density at radius 3 is 2.74 bits per heavy atom. The van der Waals surface area contributed by atoms with E-state index in [-0.39, 0.29) is 11.0 Å². The molecule has 0 saturated heterocycles. The molecule has 7 heteroatoms. The summed E-state index contributed by atoms with van der Waals surface area (Å²) >= 11 is 2.99. The van der Waals surface area contributed by atoms with Gasteiger partial charge in [-0.1, -0.05) is 6.08 Å². The Kier molecular flexibility index (Phi) is 5.50. The van der Waals surface area contributed by atoms with Crippen LogP contribution in [0.2, 0.25) is 0 Å². The van der Waals surface area contributed by atoms with Crippen molar-refractivity contribution < 1.29 is 19.1 Å². The van der Waals surface area contributed by atoms with Crippen molar-refractivity contribution in [3.63, 3.8) is 0 Å². The first-order chi connectivity index (χ1) is 8.93. The number of nitrogens with zero attached hydrogens (tertiary/aromatic N) is 1. The largest absolute Gasteiger partial charge is 0.480 e. The number of hydrogen-bond donors (Lipinski definition) is 2. The Morgan fingerprint density at radius 2 is 2.21 bits per heavy atom. The van der Waals surface area contributed by atoms with Gasteiger partial charge in [-0.15, -0.1) is 6.58 Å². The highest BCUT2D eigenvalue weighted by Gasteiger charge is 2.15. The van der Waals surface area contributed by atoms with Crippen molar-refractivity contribution in [2.24, 2.45) is 0 Å². The molecule has 5 nitrogen and oxygen atoms in total. The Hall–Kier alpha value is -1.89. The highest BCUT2D eigenvalue weighted by atomic mass is 79.9. The monoisotopic (exact) mass is 330 g/mol. The Morgan fingerprint density at radius 1 is 1.53 bits per heavy atom. The van der Waals surface area contributed by atoms with Crippen LogP contribution in [0.1, 0.15) is 0 Å². The predicted octanol–water partition coefficient (Wildman–Crippen LogP) is 2.69. The van der Waals surface area contributed by atoms with Gasteiger partial charge < -0.3 is 15.3 Å². The fourth-order valence-electron chi connectivity index (χ4n) is 1.31. The van der Waals surface area contributed by atoms with Gasteiger partial charge in [0.05, 0.1) is 4.47 Å². The molecule has 2 N–H and O–H groups in total.